The van der Waals surface area contributed by atoms with Crippen LogP contribution in [0.1, 0.15) is 12.0 Å². The molecule has 0 saturated heterocycles. The van der Waals surface area contributed by atoms with E-state index in [1.54, 1.807) is 0 Å². The third-order valence-corrected chi connectivity index (χ3v) is 4.33. The highest BCUT2D eigenvalue weighted by atomic mass is 32.1. The monoisotopic (exact) mass is 357 g/mol. The molecule has 0 unspecified atom stereocenters. The summed E-state index contributed by atoms with van der Waals surface area (Å²) >= 11 is 5.33. The molecule has 1 aliphatic rings. The molecule has 0 radical (unpaired) electrons. The Balaban J connectivity index is 1.33. The Kier molecular flexibility index (Phi) is 5.95. The van der Waals surface area contributed by atoms with Gasteiger partial charge in [0.25, 0.3) is 0 Å². The number of anilines is 1. The summed E-state index contributed by atoms with van der Waals surface area (Å²) in [5.41, 5.74) is 2.34. The number of hydrogen-bond donors (Lipinski definition) is 2. The first kappa shape index (κ1) is 17.4. The lowest BCUT2D eigenvalue weighted by atomic mass is 10.2. The highest BCUT2D eigenvalue weighted by Gasteiger charge is 2.13. The second-order valence-electron chi connectivity index (χ2n) is 5.91. The lowest BCUT2D eigenvalue weighted by molar-refractivity contribution is 0.174. The van der Waals surface area contributed by atoms with Crippen LogP contribution in [0.15, 0.2) is 48.5 Å². The van der Waals surface area contributed by atoms with E-state index in [1.807, 2.05) is 24.3 Å². The number of hydrogen-bond acceptors (Lipinski definition) is 4. The van der Waals surface area contributed by atoms with Crippen molar-refractivity contribution < 1.29 is 9.47 Å². The Labute approximate surface area is 153 Å². The summed E-state index contributed by atoms with van der Waals surface area (Å²) in [6.45, 7) is 2.77. The predicted octanol–water partition coefficient (Wildman–Crippen LogP) is 2.91. The van der Waals surface area contributed by atoms with Crippen molar-refractivity contribution in [2.75, 3.05) is 31.8 Å². The maximum Gasteiger partial charge on any atom is 0.231 e. The summed E-state index contributed by atoms with van der Waals surface area (Å²) in [5.74, 6) is 1.59. The quantitative estimate of drug-likeness (QED) is 0.587. The second kappa shape index (κ2) is 8.58. The first-order valence-corrected chi connectivity index (χ1v) is 8.79. The van der Waals surface area contributed by atoms with Gasteiger partial charge in [-0.05, 0) is 48.5 Å². The molecule has 2 aromatic carbocycles. The van der Waals surface area contributed by atoms with Crippen LogP contribution in [-0.2, 0) is 6.54 Å². The molecule has 0 amide bonds. The van der Waals surface area contributed by atoms with Gasteiger partial charge in [0.2, 0.25) is 6.79 Å². The maximum atomic E-state index is 5.38. The van der Waals surface area contributed by atoms with E-state index >= 15 is 0 Å². The van der Waals surface area contributed by atoms with Crippen LogP contribution in [0.2, 0.25) is 0 Å². The highest BCUT2D eigenvalue weighted by Crippen LogP contribution is 2.32. The van der Waals surface area contributed by atoms with Crippen LogP contribution in [0.5, 0.6) is 11.5 Å². The minimum atomic E-state index is 0.295. The molecule has 0 fully saturated rings. The molecule has 2 aromatic rings. The molecule has 1 heterocycles. The fraction of sp³-hybridized carbons (Fsp3) is 0.316. The summed E-state index contributed by atoms with van der Waals surface area (Å²) in [4.78, 5) is 2.24. The Morgan fingerprint density at radius 2 is 1.88 bits per heavy atom. The van der Waals surface area contributed by atoms with Gasteiger partial charge >= 0.3 is 0 Å². The molecular weight excluding hydrogens is 334 g/mol. The SMILES string of the molecule is CN(CCCNC(=S)NCc1ccc2c(c1)OCO2)c1ccccc1. The smallest absolute Gasteiger partial charge is 0.231 e. The predicted molar refractivity (Wildman–Crippen MR) is 104 cm³/mol. The van der Waals surface area contributed by atoms with Gasteiger partial charge < -0.3 is 25.0 Å². The molecule has 0 bridgehead atoms. The number of ether oxygens (including phenoxy) is 2. The van der Waals surface area contributed by atoms with Crippen molar-refractivity contribution in [1.29, 1.82) is 0 Å². The van der Waals surface area contributed by atoms with Crippen LogP contribution in [0, 0.1) is 0 Å². The van der Waals surface area contributed by atoms with E-state index in [-0.39, 0.29) is 0 Å². The molecule has 0 aliphatic carbocycles. The topological polar surface area (TPSA) is 45.8 Å². The zero-order chi connectivity index (χ0) is 17.5. The van der Waals surface area contributed by atoms with E-state index in [9.17, 15) is 0 Å². The van der Waals surface area contributed by atoms with Crippen LogP contribution in [0.4, 0.5) is 5.69 Å². The van der Waals surface area contributed by atoms with Crippen LogP contribution < -0.4 is 25.0 Å². The maximum absolute atomic E-state index is 5.38. The number of para-hydroxylation sites is 1. The lowest BCUT2D eigenvalue weighted by Crippen LogP contribution is -2.36. The van der Waals surface area contributed by atoms with Gasteiger partial charge in [-0.15, -0.1) is 0 Å². The van der Waals surface area contributed by atoms with E-state index in [0.717, 1.165) is 36.6 Å². The van der Waals surface area contributed by atoms with Crippen LogP contribution in [0.3, 0.4) is 0 Å². The average Bonchev–Trinajstić information content (AvgIpc) is 3.12. The normalized spacial score (nSPS) is 11.9. The number of fused-ring (bicyclic) bond motifs is 1. The average molecular weight is 357 g/mol. The second-order valence-corrected chi connectivity index (χ2v) is 6.32. The van der Waals surface area contributed by atoms with Gasteiger partial charge in [-0.2, -0.15) is 0 Å². The molecule has 0 spiro atoms. The number of nitrogens with one attached hydrogen (secondary N) is 2. The van der Waals surface area contributed by atoms with Gasteiger partial charge in [0.15, 0.2) is 16.6 Å². The van der Waals surface area contributed by atoms with Gasteiger partial charge in [0.1, 0.15) is 0 Å². The third kappa shape index (κ3) is 5.00. The summed E-state index contributed by atoms with van der Waals surface area (Å²) in [7, 11) is 2.10. The molecule has 0 saturated carbocycles. The summed E-state index contributed by atoms with van der Waals surface area (Å²) in [5, 5.41) is 7.14. The Bertz CT molecular complexity index is 709. The van der Waals surface area contributed by atoms with Crippen molar-refractivity contribution in [3.05, 3.63) is 54.1 Å². The van der Waals surface area contributed by atoms with Crippen molar-refractivity contribution in [3.63, 3.8) is 0 Å². The Hall–Kier alpha value is -2.47. The number of rotatable bonds is 7. The zero-order valence-corrected chi connectivity index (χ0v) is 15.1. The minimum Gasteiger partial charge on any atom is -0.454 e. The molecule has 6 heteroatoms. The fourth-order valence-electron chi connectivity index (χ4n) is 2.63. The molecule has 0 atom stereocenters. The molecular formula is C19H23N3O2S. The molecule has 25 heavy (non-hydrogen) atoms. The molecule has 132 valence electrons. The fourth-order valence-corrected chi connectivity index (χ4v) is 2.80. The van der Waals surface area contributed by atoms with Crippen molar-refractivity contribution in [2.24, 2.45) is 0 Å². The van der Waals surface area contributed by atoms with Crippen LogP contribution in [-0.4, -0.2) is 32.0 Å². The highest BCUT2D eigenvalue weighted by molar-refractivity contribution is 7.80. The first-order valence-electron chi connectivity index (χ1n) is 8.39. The van der Waals surface area contributed by atoms with E-state index in [1.165, 1.54) is 5.69 Å². The van der Waals surface area contributed by atoms with E-state index in [0.29, 0.717) is 18.5 Å². The van der Waals surface area contributed by atoms with E-state index in [2.05, 4.69) is 46.8 Å². The third-order valence-electron chi connectivity index (χ3n) is 4.04. The largest absolute Gasteiger partial charge is 0.454 e. The van der Waals surface area contributed by atoms with Crippen molar-refractivity contribution in [2.45, 2.75) is 13.0 Å². The Morgan fingerprint density at radius 1 is 1.08 bits per heavy atom. The van der Waals surface area contributed by atoms with Gasteiger partial charge in [0, 0.05) is 32.4 Å². The lowest BCUT2D eigenvalue weighted by Gasteiger charge is -2.19. The molecule has 1 aliphatic heterocycles. The zero-order valence-electron chi connectivity index (χ0n) is 14.3. The van der Waals surface area contributed by atoms with Crippen LogP contribution in [0.25, 0.3) is 0 Å². The van der Waals surface area contributed by atoms with Gasteiger partial charge in [-0.3, -0.25) is 0 Å². The van der Waals surface area contributed by atoms with Crippen molar-refractivity contribution in [3.8, 4) is 11.5 Å². The first-order chi connectivity index (χ1) is 12.2. The minimum absolute atomic E-state index is 0.295. The molecule has 5 nitrogen and oxygen atoms in total. The van der Waals surface area contributed by atoms with Crippen molar-refractivity contribution in [1.82, 2.24) is 10.6 Å². The van der Waals surface area contributed by atoms with E-state index < -0.39 is 0 Å². The molecule has 2 N–H and O–H groups in total. The van der Waals surface area contributed by atoms with Crippen molar-refractivity contribution >= 4 is 23.0 Å². The Morgan fingerprint density at radius 3 is 2.72 bits per heavy atom. The molecule has 3 rings (SSSR count). The molecule has 0 aromatic heterocycles. The summed E-state index contributed by atoms with van der Waals surface area (Å²) in [6.07, 6.45) is 1.01. The number of nitrogens with zero attached hydrogens (tertiary/aromatic N) is 1. The number of benzene rings is 2. The van der Waals surface area contributed by atoms with E-state index in [4.69, 9.17) is 21.7 Å². The standard InChI is InChI=1S/C19H23N3O2S/c1-22(16-6-3-2-4-7-16)11-5-10-20-19(25)21-13-15-8-9-17-18(12-15)24-14-23-17/h2-4,6-9,12H,5,10-11,13-14H2,1H3,(H2,20,21,25). The van der Waals surface area contributed by atoms with Gasteiger partial charge in [-0.1, -0.05) is 24.3 Å². The number of thiocarbonyl (C=S) groups is 1. The van der Waals surface area contributed by atoms with Gasteiger partial charge in [0.05, 0.1) is 0 Å². The van der Waals surface area contributed by atoms with Gasteiger partial charge in [-0.25, -0.2) is 0 Å². The summed E-state index contributed by atoms with van der Waals surface area (Å²) in [6, 6.07) is 16.3. The van der Waals surface area contributed by atoms with Crippen LogP contribution >= 0.6 is 12.2 Å². The summed E-state index contributed by atoms with van der Waals surface area (Å²) < 4.78 is 10.7.